The molecule has 4 heteroatoms. The molecule has 126 valence electrons. The molecule has 0 aromatic carbocycles. The van der Waals surface area contributed by atoms with Gasteiger partial charge < -0.3 is 11.1 Å². The summed E-state index contributed by atoms with van der Waals surface area (Å²) in [7, 11) is 0. The normalized spacial score (nSPS) is 30.9. The molecule has 3 N–H and O–H groups in total. The molecular weight excluding hydrogens is 289 g/mol. The SMILES string of the molecule is CC(=CN)C1=NC/C=C\C=C(\C2=C(C)CCCC2)NCC1(C)F. The monoisotopic (exact) mass is 317 g/mol. The first kappa shape index (κ1) is 17.5. The summed E-state index contributed by atoms with van der Waals surface area (Å²) in [5, 5.41) is 3.32. The van der Waals surface area contributed by atoms with Gasteiger partial charge in [0.1, 0.15) is 0 Å². The van der Waals surface area contributed by atoms with E-state index in [9.17, 15) is 0 Å². The van der Waals surface area contributed by atoms with Gasteiger partial charge in [-0.05, 0) is 69.9 Å². The summed E-state index contributed by atoms with van der Waals surface area (Å²) in [6.45, 7) is 6.20. The lowest BCUT2D eigenvalue weighted by Crippen LogP contribution is -2.42. The molecule has 0 aromatic rings. The van der Waals surface area contributed by atoms with Crippen molar-refractivity contribution in [2.45, 2.75) is 52.1 Å². The Bertz CT molecular complexity index is 592. The zero-order valence-electron chi connectivity index (χ0n) is 14.5. The van der Waals surface area contributed by atoms with Crippen molar-refractivity contribution in [3.63, 3.8) is 0 Å². The lowest BCUT2D eigenvalue weighted by molar-refractivity contribution is 0.279. The number of rotatable bonds is 2. The first-order valence-electron chi connectivity index (χ1n) is 8.38. The van der Waals surface area contributed by atoms with Crippen molar-refractivity contribution in [2.75, 3.05) is 13.1 Å². The first-order chi connectivity index (χ1) is 11.0. The standard InChI is InChI=1S/C19H28FN3/c1-14-8-4-5-9-16(14)17-10-6-7-11-22-18(15(2)12-21)19(3,20)13-23-17/h6-7,10,12,23H,4-5,8-9,11,13,21H2,1-3H3/b7-6-,15-12?,17-10-,22-18?. The number of aliphatic imine (C=N–C) groups is 1. The summed E-state index contributed by atoms with van der Waals surface area (Å²) in [6, 6.07) is 0. The molecule has 1 atom stereocenters. The number of nitrogens with zero attached hydrogens (tertiary/aromatic N) is 1. The van der Waals surface area contributed by atoms with Gasteiger partial charge in [0.05, 0.1) is 18.8 Å². The lowest BCUT2D eigenvalue weighted by Gasteiger charge is -2.28. The van der Waals surface area contributed by atoms with Crippen LogP contribution in [0, 0.1) is 0 Å². The van der Waals surface area contributed by atoms with E-state index in [-0.39, 0.29) is 6.54 Å². The van der Waals surface area contributed by atoms with Crippen LogP contribution >= 0.6 is 0 Å². The van der Waals surface area contributed by atoms with E-state index in [1.807, 2.05) is 18.2 Å². The fourth-order valence-corrected chi connectivity index (χ4v) is 3.18. The lowest BCUT2D eigenvalue weighted by atomic mass is 9.89. The highest BCUT2D eigenvalue weighted by Crippen LogP contribution is 2.29. The number of nitrogens with one attached hydrogen (secondary N) is 1. The second kappa shape index (κ2) is 7.62. The largest absolute Gasteiger partial charge is 0.404 e. The predicted octanol–water partition coefficient (Wildman–Crippen LogP) is 3.95. The van der Waals surface area contributed by atoms with Gasteiger partial charge in [0.2, 0.25) is 0 Å². The predicted molar refractivity (Wildman–Crippen MR) is 96.2 cm³/mol. The molecule has 2 aliphatic rings. The third-order valence-electron chi connectivity index (χ3n) is 4.55. The topological polar surface area (TPSA) is 50.4 Å². The molecule has 1 heterocycles. The highest BCUT2D eigenvalue weighted by Gasteiger charge is 2.31. The van der Waals surface area contributed by atoms with Crippen LogP contribution in [0.3, 0.4) is 0 Å². The maximum Gasteiger partial charge on any atom is 0.166 e. The van der Waals surface area contributed by atoms with Crippen LogP contribution in [0.25, 0.3) is 0 Å². The molecule has 3 nitrogen and oxygen atoms in total. The molecule has 0 aromatic heterocycles. The van der Waals surface area contributed by atoms with E-state index in [1.54, 1.807) is 13.8 Å². The van der Waals surface area contributed by atoms with Gasteiger partial charge in [-0.3, -0.25) is 4.99 Å². The fourth-order valence-electron chi connectivity index (χ4n) is 3.18. The number of allylic oxidation sites excluding steroid dienone is 5. The molecule has 0 bridgehead atoms. The zero-order chi connectivity index (χ0) is 16.9. The van der Waals surface area contributed by atoms with Crippen molar-refractivity contribution in [1.82, 2.24) is 5.32 Å². The quantitative estimate of drug-likeness (QED) is 0.810. The molecule has 0 amide bonds. The third kappa shape index (κ3) is 4.34. The van der Waals surface area contributed by atoms with E-state index in [0.717, 1.165) is 18.5 Å². The van der Waals surface area contributed by atoms with E-state index >= 15 is 4.39 Å². The molecule has 0 spiro atoms. The summed E-state index contributed by atoms with van der Waals surface area (Å²) in [4.78, 5) is 4.39. The molecule has 0 fully saturated rings. The Morgan fingerprint density at radius 3 is 2.83 bits per heavy atom. The summed E-state index contributed by atoms with van der Waals surface area (Å²) >= 11 is 0. The van der Waals surface area contributed by atoms with Gasteiger partial charge in [0, 0.05) is 5.70 Å². The van der Waals surface area contributed by atoms with Gasteiger partial charge in [-0.25, -0.2) is 4.39 Å². The van der Waals surface area contributed by atoms with Gasteiger partial charge in [-0.1, -0.05) is 17.7 Å². The van der Waals surface area contributed by atoms with Gasteiger partial charge in [0.25, 0.3) is 0 Å². The minimum Gasteiger partial charge on any atom is -0.404 e. The van der Waals surface area contributed by atoms with Gasteiger partial charge in [0.15, 0.2) is 5.67 Å². The molecule has 1 unspecified atom stereocenters. The Hall–Kier alpha value is -1.84. The van der Waals surface area contributed by atoms with Crippen LogP contribution in [-0.2, 0) is 0 Å². The average molecular weight is 317 g/mol. The second-order valence-corrected chi connectivity index (χ2v) is 6.56. The first-order valence-corrected chi connectivity index (χ1v) is 8.38. The van der Waals surface area contributed by atoms with E-state index in [0.29, 0.717) is 17.8 Å². The van der Waals surface area contributed by atoms with Crippen molar-refractivity contribution < 1.29 is 4.39 Å². The van der Waals surface area contributed by atoms with E-state index in [1.165, 1.54) is 30.2 Å². The van der Waals surface area contributed by atoms with Crippen molar-refractivity contribution in [2.24, 2.45) is 10.7 Å². The van der Waals surface area contributed by atoms with Crippen LogP contribution < -0.4 is 11.1 Å². The second-order valence-electron chi connectivity index (χ2n) is 6.56. The average Bonchev–Trinajstić information content (AvgIpc) is 2.53. The van der Waals surface area contributed by atoms with Gasteiger partial charge >= 0.3 is 0 Å². The Balaban J connectivity index is 2.31. The molecule has 2 rings (SSSR count). The van der Waals surface area contributed by atoms with Crippen molar-refractivity contribution in [3.8, 4) is 0 Å². The maximum atomic E-state index is 15.2. The fraction of sp³-hybridized carbons (Fsp3) is 0.526. The summed E-state index contributed by atoms with van der Waals surface area (Å²) < 4.78 is 15.2. The molecule has 0 saturated carbocycles. The van der Waals surface area contributed by atoms with Gasteiger partial charge in [-0.2, -0.15) is 0 Å². The zero-order valence-corrected chi connectivity index (χ0v) is 14.5. The number of hydrogen-bond acceptors (Lipinski definition) is 3. The van der Waals surface area contributed by atoms with Crippen LogP contribution in [0.15, 0.2) is 51.8 Å². The minimum absolute atomic E-state index is 0.188. The molecule has 0 radical (unpaired) electrons. The summed E-state index contributed by atoms with van der Waals surface area (Å²) in [5.41, 5.74) is 8.91. The Labute approximate surface area is 138 Å². The molecule has 1 aliphatic carbocycles. The smallest absolute Gasteiger partial charge is 0.166 e. The molecular formula is C19H28FN3. The number of alkyl halides is 1. The molecule has 1 aliphatic heterocycles. The Kier molecular flexibility index (Phi) is 5.80. The molecule has 0 saturated heterocycles. The summed E-state index contributed by atoms with van der Waals surface area (Å²) in [6.07, 6.45) is 12.1. The third-order valence-corrected chi connectivity index (χ3v) is 4.55. The number of nitrogens with two attached hydrogens (primary N) is 1. The van der Waals surface area contributed by atoms with Crippen molar-refractivity contribution in [3.05, 3.63) is 46.8 Å². The Morgan fingerprint density at radius 1 is 1.39 bits per heavy atom. The van der Waals surface area contributed by atoms with Crippen LogP contribution in [-0.4, -0.2) is 24.5 Å². The van der Waals surface area contributed by atoms with E-state index < -0.39 is 5.67 Å². The van der Waals surface area contributed by atoms with Crippen molar-refractivity contribution in [1.29, 1.82) is 0 Å². The maximum absolute atomic E-state index is 15.2. The van der Waals surface area contributed by atoms with Crippen LogP contribution in [0.5, 0.6) is 0 Å². The number of halogens is 1. The minimum atomic E-state index is -1.56. The highest BCUT2D eigenvalue weighted by atomic mass is 19.1. The summed E-state index contributed by atoms with van der Waals surface area (Å²) in [5.74, 6) is 0. The van der Waals surface area contributed by atoms with Crippen LogP contribution in [0.1, 0.15) is 46.5 Å². The highest BCUT2D eigenvalue weighted by molar-refractivity contribution is 6.05. The van der Waals surface area contributed by atoms with Crippen LogP contribution in [0.2, 0.25) is 0 Å². The molecule has 23 heavy (non-hydrogen) atoms. The van der Waals surface area contributed by atoms with E-state index in [2.05, 4.69) is 17.2 Å². The van der Waals surface area contributed by atoms with Gasteiger partial charge in [-0.15, -0.1) is 0 Å². The number of hydrogen-bond donors (Lipinski definition) is 2. The van der Waals surface area contributed by atoms with Crippen LogP contribution in [0.4, 0.5) is 4.39 Å². The van der Waals surface area contributed by atoms with Crippen molar-refractivity contribution >= 4 is 5.71 Å². The Morgan fingerprint density at radius 2 is 2.13 bits per heavy atom. The van der Waals surface area contributed by atoms with E-state index in [4.69, 9.17) is 5.73 Å².